The van der Waals surface area contributed by atoms with E-state index in [0.29, 0.717) is 18.7 Å². The van der Waals surface area contributed by atoms with Crippen LogP contribution in [0.5, 0.6) is 0 Å². The molecule has 8 heteroatoms. The van der Waals surface area contributed by atoms with Crippen LogP contribution in [0.15, 0.2) is 9.59 Å². The molecule has 1 saturated carbocycles. The van der Waals surface area contributed by atoms with Gasteiger partial charge in [0.1, 0.15) is 16.8 Å². The van der Waals surface area contributed by atoms with Gasteiger partial charge in [0.2, 0.25) is 0 Å². The minimum Gasteiger partial charge on any atom is -0.465 e. The maximum Gasteiger partial charge on any atom is 0.327 e. The number of carbonyl (C=O) groups is 1. The fraction of sp³-hybridized carbons (Fsp3) is 0.455. The van der Waals surface area contributed by atoms with Gasteiger partial charge in [0.25, 0.3) is 5.56 Å². The Labute approximate surface area is 106 Å². The molecule has 0 atom stereocenters. The first-order valence-electron chi connectivity index (χ1n) is 5.97. The Kier molecular flexibility index (Phi) is 2.34. The molecule has 8 nitrogen and oxygen atoms in total. The summed E-state index contributed by atoms with van der Waals surface area (Å²) in [6.45, 7) is 2.02. The number of nitrogens with zero attached hydrogens (tertiary/aromatic N) is 1. The number of carbonyl (C=O) groups excluding carboxylic acids is 1. The summed E-state index contributed by atoms with van der Waals surface area (Å²) in [6, 6.07) is 0. The molecule has 100 valence electrons. The Morgan fingerprint density at radius 2 is 2.05 bits per heavy atom. The van der Waals surface area contributed by atoms with Crippen molar-refractivity contribution >= 4 is 17.1 Å². The maximum absolute atomic E-state index is 11.9. The van der Waals surface area contributed by atoms with E-state index in [0.717, 1.165) is 0 Å². The molecule has 0 aromatic carbocycles. The Morgan fingerprint density at radius 1 is 1.32 bits per heavy atom. The zero-order chi connectivity index (χ0) is 13.6. The number of nitrogens with one attached hydrogen (secondary N) is 3. The van der Waals surface area contributed by atoms with E-state index in [1.807, 2.05) is 0 Å². The number of rotatable bonds is 3. The molecule has 0 radical (unpaired) electrons. The van der Waals surface area contributed by atoms with Crippen LogP contribution in [-0.4, -0.2) is 32.5 Å². The zero-order valence-electron chi connectivity index (χ0n) is 10.2. The number of aromatic nitrogens is 4. The number of fused-ring (bicyclic) bond motifs is 1. The highest BCUT2D eigenvalue weighted by atomic mass is 16.5. The molecule has 19 heavy (non-hydrogen) atoms. The van der Waals surface area contributed by atoms with Crippen molar-refractivity contribution in [2.75, 3.05) is 6.61 Å². The second kappa shape index (κ2) is 3.81. The van der Waals surface area contributed by atoms with Gasteiger partial charge in [-0.2, -0.15) is 0 Å². The highest BCUT2D eigenvalue weighted by Crippen LogP contribution is 2.48. The number of aromatic amines is 3. The van der Waals surface area contributed by atoms with Gasteiger partial charge in [-0.1, -0.05) is 0 Å². The van der Waals surface area contributed by atoms with Gasteiger partial charge in [-0.05, 0) is 19.8 Å². The molecular formula is C11H12N4O4. The Balaban J connectivity index is 2.12. The van der Waals surface area contributed by atoms with Crippen molar-refractivity contribution in [3.63, 3.8) is 0 Å². The summed E-state index contributed by atoms with van der Waals surface area (Å²) in [4.78, 5) is 46.1. The summed E-state index contributed by atoms with van der Waals surface area (Å²) >= 11 is 0. The second-order valence-electron chi connectivity index (χ2n) is 4.52. The molecule has 1 fully saturated rings. The van der Waals surface area contributed by atoms with Crippen LogP contribution < -0.4 is 11.2 Å². The van der Waals surface area contributed by atoms with Gasteiger partial charge in [-0.15, -0.1) is 0 Å². The third-order valence-electron chi connectivity index (χ3n) is 3.26. The minimum absolute atomic E-state index is 0.152. The first kappa shape index (κ1) is 11.7. The fourth-order valence-corrected chi connectivity index (χ4v) is 2.09. The molecule has 3 N–H and O–H groups in total. The summed E-state index contributed by atoms with van der Waals surface area (Å²) in [7, 11) is 0. The lowest BCUT2D eigenvalue weighted by atomic mass is 10.1. The summed E-state index contributed by atoms with van der Waals surface area (Å²) in [6.07, 6.45) is 1.24. The minimum atomic E-state index is -0.793. The van der Waals surface area contributed by atoms with Gasteiger partial charge in [0.15, 0.2) is 5.65 Å². The standard InChI is InChI=1S/C11H12N4O4/c1-2-19-9(17)11(3-4-11)8-12-5-6(13-8)14-10(18)15-7(5)16/h2-4H2,1H3,(H3,12,13,14,15,16,18). The second-order valence-corrected chi connectivity index (χ2v) is 4.52. The molecule has 1 aliphatic carbocycles. The lowest BCUT2D eigenvalue weighted by molar-refractivity contribution is -0.146. The number of ether oxygens (including phenoxy) is 1. The lowest BCUT2D eigenvalue weighted by Crippen LogP contribution is -2.24. The molecule has 0 aliphatic heterocycles. The summed E-state index contributed by atoms with van der Waals surface area (Å²) in [5, 5.41) is 0. The average Bonchev–Trinajstić information content (AvgIpc) is 3.05. The van der Waals surface area contributed by atoms with Crippen molar-refractivity contribution in [3.05, 3.63) is 26.7 Å². The molecule has 2 aromatic heterocycles. The van der Waals surface area contributed by atoms with Crippen LogP contribution in [0.4, 0.5) is 0 Å². The van der Waals surface area contributed by atoms with Crippen molar-refractivity contribution in [1.29, 1.82) is 0 Å². The van der Waals surface area contributed by atoms with E-state index in [2.05, 4.69) is 19.9 Å². The normalized spacial score (nSPS) is 16.5. The summed E-state index contributed by atoms with van der Waals surface area (Å²) in [5.74, 6) is 0.0149. The number of hydrogen-bond acceptors (Lipinski definition) is 5. The van der Waals surface area contributed by atoms with Crippen molar-refractivity contribution in [3.8, 4) is 0 Å². The van der Waals surface area contributed by atoms with Crippen LogP contribution >= 0.6 is 0 Å². The van der Waals surface area contributed by atoms with Crippen LogP contribution in [0.3, 0.4) is 0 Å². The summed E-state index contributed by atoms with van der Waals surface area (Å²) < 4.78 is 5.02. The van der Waals surface area contributed by atoms with E-state index >= 15 is 0 Å². The third-order valence-corrected chi connectivity index (χ3v) is 3.26. The number of esters is 1. The van der Waals surface area contributed by atoms with Gasteiger partial charge in [0.05, 0.1) is 6.61 Å². The number of hydrogen-bond donors (Lipinski definition) is 3. The maximum atomic E-state index is 11.9. The van der Waals surface area contributed by atoms with Gasteiger partial charge < -0.3 is 9.72 Å². The van der Waals surface area contributed by atoms with E-state index < -0.39 is 16.7 Å². The largest absolute Gasteiger partial charge is 0.465 e. The van der Waals surface area contributed by atoms with Gasteiger partial charge in [-0.3, -0.25) is 19.6 Å². The van der Waals surface area contributed by atoms with Crippen LogP contribution in [-0.2, 0) is 14.9 Å². The molecule has 1 aliphatic rings. The monoisotopic (exact) mass is 264 g/mol. The van der Waals surface area contributed by atoms with E-state index in [9.17, 15) is 14.4 Å². The highest BCUT2D eigenvalue weighted by Gasteiger charge is 2.55. The Bertz CT molecular complexity index is 765. The van der Waals surface area contributed by atoms with Crippen LogP contribution in [0.2, 0.25) is 0 Å². The predicted molar refractivity (Wildman–Crippen MR) is 64.9 cm³/mol. The average molecular weight is 264 g/mol. The quantitative estimate of drug-likeness (QED) is 0.647. The predicted octanol–water partition coefficient (Wildman–Crippen LogP) is -0.466. The van der Waals surface area contributed by atoms with Crippen molar-refractivity contribution in [2.24, 2.45) is 0 Å². The molecule has 3 rings (SSSR count). The van der Waals surface area contributed by atoms with Crippen LogP contribution in [0, 0.1) is 0 Å². The first-order chi connectivity index (χ1) is 9.06. The molecule has 0 saturated heterocycles. The van der Waals surface area contributed by atoms with E-state index in [-0.39, 0.29) is 23.7 Å². The topological polar surface area (TPSA) is 121 Å². The van der Waals surface area contributed by atoms with E-state index in [4.69, 9.17) is 4.74 Å². The molecule has 0 unspecified atom stereocenters. The molecule has 0 spiro atoms. The molecule has 2 aromatic rings. The first-order valence-corrected chi connectivity index (χ1v) is 5.97. The Hall–Kier alpha value is -2.38. The van der Waals surface area contributed by atoms with Gasteiger partial charge in [-0.25, -0.2) is 9.78 Å². The Morgan fingerprint density at radius 3 is 2.68 bits per heavy atom. The smallest absolute Gasteiger partial charge is 0.327 e. The van der Waals surface area contributed by atoms with E-state index in [1.165, 1.54) is 0 Å². The van der Waals surface area contributed by atoms with Crippen molar-refractivity contribution in [1.82, 2.24) is 19.9 Å². The number of imidazole rings is 1. The molecular weight excluding hydrogens is 252 g/mol. The zero-order valence-corrected chi connectivity index (χ0v) is 10.2. The van der Waals surface area contributed by atoms with E-state index in [1.54, 1.807) is 6.92 Å². The van der Waals surface area contributed by atoms with Crippen molar-refractivity contribution < 1.29 is 9.53 Å². The summed E-state index contributed by atoms with van der Waals surface area (Å²) in [5.41, 5.74) is -1.67. The van der Waals surface area contributed by atoms with Crippen molar-refractivity contribution in [2.45, 2.75) is 25.2 Å². The molecule has 2 heterocycles. The molecule has 0 bridgehead atoms. The van der Waals surface area contributed by atoms with Gasteiger partial charge >= 0.3 is 11.7 Å². The molecule has 0 amide bonds. The SMILES string of the molecule is CCOC(=O)C1(c2nc3[nH]c(=O)[nH]c(=O)c3[nH]2)CC1. The fourth-order valence-electron chi connectivity index (χ4n) is 2.09. The van der Waals surface area contributed by atoms with Crippen LogP contribution in [0.25, 0.3) is 11.2 Å². The van der Waals surface area contributed by atoms with Crippen LogP contribution in [0.1, 0.15) is 25.6 Å². The number of H-pyrrole nitrogens is 3. The third kappa shape index (κ3) is 1.67. The highest BCUT2D eigenvalue weighted by molar-refractivity contribution is 5.86. The lowest BCUT2D eigenvalue weighted by Gasteiger charge is -2.10. The van der Waals surface area contributed by atoms with Gasteiger partial charge in [0, 0.05) is 0 Å².